The molecular formula is C15H26N2O2S. The maximum Gasteiger partial charge on any atom is 0.245 e. The zero-order valence-corrected chi connectivity index (χ0v) is 14.1. The van der Waals surface area contributed by atoms with Crippen LogP contribution in [-0.4, -0.2) is 25.8 Å². The quantitative estimate of drug-likeness (QED) is 0.850. The Bertz CT molecular complexity index is 580. The summed E-state index contributed by atoms with van der Waals surface area (Å²) in [5.74, 6) is 0.444. The maximum absolute atomic E-state index is 12.7. The number of sulfonamides is 1. The summed E-state index contributed by atoms with van der Waals surface area (Å²) >= 11 is 0. The average Bonchev–Trinajstić information content (AvgIpc) is 2.31. The van der Waals surface area contributed by atoms with Gasteiger partial charge in [0.1, 0.15) is 4.90 Å². The van der Waals surface area contributed by atoms with Crippen LogP contribution in [0.5, 0.6) is 0 Å². The monoisotopic (exact) mass is 298 g/mol. The summed E-state index contributed by atoms with van der Waals surface area (Å²) < 4.78 is 26.8. The fraction of sp³-hybridized carbons (Fsp3) is 0.600. The van der Waals surface area contributed by atoms with Crippen molar-refractivity contribution >= 4 is 15.7 Å². The Hall–Kier alpha value is -1.07. The Labute approximate surface area is 123 Å². The van der Waals surface area contributed by atoms with Crippen LogP contribution in [0.25, 0.3) is 0 Å². The number of rotatable bonds is 5. The number of nitrogens with zero attached hydrogens (tertiary/aromatic N) is 1. The van der Waals surface area contributed by atoms with Gasteiger partial charge >= 0.3 is 0 Å². The molecule has 0 amide bonds. The third-order valence-electron chi connectivity index (χ3n) is 3.72. The van der Waals surface area contributed by atoms with E-state index in [9.17, 15) is 8.42 Å². The van der Waals surface area contributed by atoms with Crippen molar-refractivity contribution in [3.05, 3.63) is 23.3 Å². The number of nitrogen functional groups attached to an aromatic ring is 1. The predicted octanol–water partition coefficient (Wildman–Crippen LogP) is 2.94. The molecule has 0 spiro atoms. The lowest BCUT2D eigenvalue weighted by molar-refractivity contribution is 0.338. The highest BCUT2D eigenvalue weighted by molar-refractivity contribution is 7.89. The second-order valence-corrected chi connectivity index (χ2v) is 7.94. The highest BCUT2D eigenvalue weighted by Gasteiger charge is 2.27. The molecule has 1 unspecified atom stereocenters. The molecule has 1 atom stereocenters. The minimum Gasteiger partial charge on any atom is -0.398 e. The van der Waals surface area contributed by atoms with Gasteiger partial charge in [0, 0.05) is 13.1 Å². The van der Waals surface area contributed by atoms with Crippen LogP contribution in [-0.2, 0) is 10.0 Å². The first-order valence-corrected chi connectivity index (χ1v) is 8.36. The molecule has 2 N–H and O–H groups in total. The molecule has 0 aliphatic heterocycles. The molecule has 1 aromatic rings. The Morgan fingerprint density at radius 3 is 2.15 bits per heavy atom. The van der Waals surface area contributed by atoms with Crippen molar-refractivity contribution in [1.29, 1.82) is 0 Å². The summed E-state index contributed by atoms with van der Waals surface area (Å²) in [4.78, 5) is 0.207. The molecule has 0 heterocycles. The van der Waals surface area contributed by atoms with Gasteiger partial charge in [-0.2, -0.15) is 4.31 Å². The van der Waals surface area contributed by atoms with E-state index in [4.69, 9.17) is 5.73 Å². The van der Waals surface area contributed by atoms with E-state index in [0.717, 1.165) is 17.5 Å². The Morgan fingerprint density at radius 2 is 1.65 bits per heavy atom. The second-order valence-electron chi connectivity index (χ2n) is 5.97. The normalized spacial score (nSPS) is 14.0. The van der Waals surface area contributed by atoms with E-state index in [1.807, 2.05) is 20.8 Å². The minimum absolute atomic E-state index is 0.0546. The minimum atomic E-state index is -3.55. The Kier molecular flexibility index (Phi) is 5.21. The van der Waals surface area contributed by atoms with Gasteiger partial charge in [0.2, 0.25) is 10.0 Å². The summed E-state index contributed by atoms with van der Waals surface area (Å²) in [5.41, 5.74) is 8.16. The third-order valence-corrected chi connectivity index (χ3v) is 5.74. The number of hydrogen-bond acceptors (Lipinski definition) is 3. The molecule has 0 saturated heterocycles. The molecule has 0 saturated carbocycles. The van der Waals surface area contributed by atoms with Crippen LogP contribution in [0.1, 0.15) is 38.3 Å². The smallest absolute Gasteiger partial charge is 0.245 e. The van der Waals surface area contributed by atoms with Crippen molar-refractivity contribution < 1.29 is 8.42 Å². The molecule has 0 bridgehead atoms. The van der Waals surface area contributed by atoms with Gasteiger partial charge in [-0.1, -0.05) is 13.8 Å². The number of nitrogens with two attached hydrogens (primary N) is 1. The number of hydrogen-bond donors (Lipinski definition) is 1. The molecule has 0 aliphatic rings. The Balaban J connectivity index is 3.20. The summed E-state index contributed by atoms with van der Waals surface area (Å²) in [6.45, 7) is 9.91. The van der Waals surface area contributed by atoms with Gasteiger partial charge in [0.25, 0.3) is 0 Å². The van der Waals surface area contributed by atoms with Gasteiger partial charge in [-0.3, -0.25) is 0 Å². The molecule has 20 heavy (non-hydrogen) atoms. The van der Waals surface area contributed by atoms with E-state index in [-0.39, 0.29) is 10.9 Å². The topological polar surface area (TPSA) is 63.4 Å². The molecule has 0 fully saturated rings. The fourth-order valence-electron chi connectivity index (χ4n) is 2.26. The SMILES string of the molecule is Cc1cc(N)c(S(=O)(=O)N(C)C(C)CC(C)C)cc1C. The van der Waals surface area contributed by atoms with E-state index in [1.54, 1.807) is 19.2 Å². The van der Waals surface area contributed by atoms with E-state index in [1.165, 1.54) is 4.31 Å². The van der Waals surface area contributed by atoms with Gasteiger partial charge in [0.05, 0.1) is 5.69 Å². The lowest BCUT2D eigenvalue weighted by Crippen LogP contribution is -2.36. The van der Waals surface area contributed by atoms with E-state index < -0.39 is 10.0 Å². The van der Waals surface area contributed by atoms with Gasteiger partial charge in [0.15, 0.2) is 0 Å². The fourth-order valence-corrected chi connectivity index (χ4v) is 3.81. The van der Waals surface area contributed by atoms with Crippen LogP contribution in [0.2, 0.25) is 0 Å². The van der Waals surface area contributed by atoms with Crippen LogP contribution in [0.15, 0.2) is 17.0 Å². The van der Waals surface area contributed by atoms with Crippen molar-refractivity contribution in [3.8, 4) is 0 Å². The molecule has 114 valence electrons. The summed E-state index contributed by atoms with van der Waals surface area (Å²) in [6, 6.07) is 3.34. The molecule has 4 nitrogen and oxygen atoms in total. The first-order chi connectivity index (χ1) is 9.07. The van der Waals surface area contributed by atoms with Crippen molar-refractivity contribution in [2.45, 2.75) is 52.0 Å². The van der Waals surface area contributed by atoms with Gasteiger partial charge in [-0.05, 0) is 56.4 Å². The molecule has 1 rings (SSSR count). The van der Waals surface area contributed by atoms with Crippen molar-refractivity contribution in [3.63, 3.8) is 0 Å². The summed E-state index contributed by atoms with van der Waals surface area (Å²) in [5, 5.41) is 0. The highest BCUT2D eigenvalue weighted by atomic mass is 32.2. The van der Waals surface area contributed by atoms with Crippen LogP contribution in [0.4, 0.5) is 5.69 Å². The number of benzene rings is 1. The summed E-state index contributed by atoms with van der Waals surface area (Å²) in [7, 11) is -1.92. The van der Waals surface area contributed by atoms with Gasteiger partial charge in [-0.25, -0.2) is 8.42 Å². The van der Waals surface area contributed by atoms with Crippen molar-refractivity contribution in [2.24, 2.45) is 5.92 Å². The van der Waals surface area contributed by atoms with E-state index in [2.05, 4.69) is 13.8 Å². The molecule has 0 aromatic heterocycles. The van der Waals surface area contributed by atoms with Gasteiger partial charge in [-0.15, -0.1) is 0 Å². The van der Waals surface area contributed by atoms with Crippen molar-refractivity contribution in [2.75, 3.05) is 12.8 Å². The molecular weight excluding hydrogens is 272 g/mol. The van der Waals surface area contributed by atoms with Crippen LogP contribution >= 0.6 is 0 Å². The second kappa shape index (κ2) is 6.14. The predicted molar refractivity (Wildman–Crippen MR) is 84.2 cm³/mol. The standard InChI is InChI=1S/C15H26N2O2S/c1-10(2)7-13(5)17(6)20(18,19)15-9-12(4)11(3)8-14(15)16/h8-10,13H,7,16H2,1-6H3. The lowest BCUT2D eigenvalue weighted by Gasteiger charge is -2.26. The maximum atomic E-state index is 12.7. The lowest BCUT2D eigenvalue weighted by atomic mass is 10.1. The highest BCUT2D eigenvalue weighted by Crippen LogP contribution is 2.27. The van der Waals surface area contributed by atoms with Crippen molar-refractivity contribution in [1.82, 2.24) is 4.31 Å². The number of aryl methyl sites for hydroxylation is 2. The van der Waals surface area contributed by atoms with Crippen LogP contribution in [0, 0.1) is 19.8 Å². The van der Waals surface area contributed by atoms with Crippen LogP contribution in [0.3, 0.4) is 0 Å². The molecule has 5 heteroatoms. The molecule has 0 radical (unpaired) electrons. The summed E-state index contributed by atoms with van der Waals surface area (Å²) in [6.07, 6.45) is 0.820. The number of anilines is 1. The first-order valence-electron chi connectivity index (χ1n) is 6.92. The van der Waals surface area contributed by atoms with Gasteiger partial charge < -0.3 is 5.73 Å². The average molecular weight is 298 g/mol. The van der Waals surface area contributed by atoms with E-state index >= 15 is 0 Å². The third kappa shape index (κ3) is 3.52. The molecule has 1 aromatic carbocycles. The Morgan fingerprint density at radius 1 is 1.15 bits per heavy atom. The zero-order chi connectivity index (χ0) is 15.7. The zero-order valence-electron chi connectivity index (χ0n) is 13.3. The first kappa shape index (κ1) is 17.0. The largest absolute Gasteiger partial charge is 0.398 e. The van der Waals surface area contributed by atoms with E-state index in [0.29, 0.717) is 11.6 Å². The molecule has 0 aliphatic carbocycles. The van der Waals surface area contributed by atoms with Crippen LogP contribution < -0.4 is 5.73 Å².